The summed E-state index contributed by atoms with van der Waals surface area (Å²) in [6.45, 7) is 1.82. The molecular weight excluding hydrogens is 168 g/mol. The molecule has 0 radical (unpaired) electrons. The SMILES string of the molecule is COc1ccc(C(O)C=O)c(C)c1. The number of hydrogen-bond acceptors (Lipinski definition) is 3. The number of aryl methyl sites for hydroxylation is 1. The van der Waals surface area contributed by atoms with Gasteiger partial charge < -0.3 is 14.6 Å². The standard InChI is InChI=1S/C10H12O3/c1-7-5-8(13-2)3-4-9(7)10(12)6-11/h3-6,10,12H,1-2H3. The summed E-state index contributed by atoms with van der Waals surface area (Å²) < 4.78 is 4.99. The van der Waals surface area contributed by atoms with Crippen LogP contribution in [0.1, 0.15) is 17.2 Å². The highest BCUT2D eigenvalue weighted by molar-refractivity contribution is 5.61. The van der Waals surface area contributed by atoms with Crippen molar-refractivity contribution in [1.29, 1.82) is 0 Å². The van der Waals surface area contributed by atoms with Gasteiger partial charge in [-0.25, -0.2) is 0 Å². The molecule has 0 aliphatic rings. The highest BCUT2D eigenvalue weighted by atomic mass is 16.5. The van der Waals surface area contributed by atoms with Gasteiger partial charge in [-0.3, -0.25) is 0 Å². The van der Waals surface area contributed by atoms with Gasteiger partial charge in [-0.15, -0.1) is 0 Å². The number of carbonyl (C=O) groups is 1. The molecule has 0 aromatic heterocycles. The topological polar surface area (TPSA) is 46.5 Å². The first-order valence-corrected chi connectivity index (χ1v) is 3.97. The molecule has 0 aliphatic carbocycles. The number of hydrogen-bond donors (Lipinski definition) is 1. The molecule has 1 unspecified atom stereocenters. The van der Waals surface area contributed by atoms with Crippen molar-refractivity contribution in [3.8, 4) is 5.75 Å². The molecule has 1 rings (SSSR count). The number of aliphatic hydroxyl groups is 1. The minimum atomic E-state index is -1.04. The van der Waals surface area contributed by atoms with Crippen LogP contribution in [-0.2, 0) is 4.79 Å². The van der Waals surface area contributed by atoms with Crippen LogP contribution in [0.25, 0.3) is 0 Å². The van der Waals surface area contributed by atoms with Gasteiger partial charge in [-0.05, 0) is 30.2 Å². The van der Waals surface area contributed by atoms with Crippen molar-refractivity contribution in [1.82, 2.24) is 0 Å². The summed E-state index contributed by atoms with van der Waals surface area (Å²) in [4.78, 5) is 10.3. The van der Waals surface area contributed by atoms with Gasteiger partial charge in [0.15, 0.2) is 6.29 Å². The van der Waals surface area contributed by atoms with Crippen molar-refractivity contribution in [2.75, 3.05) is 7.11 Å². The molecule has 1 N–H and O–H groups in total. The summed E-state index contributed by atoms with van der Waals surface area (Å²) in [6, 6.07) is 5.18. The zero-order valence-electron chi connectivity index (χ0n) is 7.65. The van der Waals surface area contributed by atoms with E-state index in [1.807, 2.05) is 6.92 Å². The molecule has 0 spiro atoms. The molecular formula is C10H12O3. The molecule has 3 nitrogen and oxygen atoms in total. The third kappa shape index (κ3) is 2.06. The van der Waals surface area contributed by atoms with Gasteiger partial charge in [0.25, 0.3) is 0 Å². The lowest BCUT2D eigenvalue weighted by Crippen LogP contribution is -2.00. The number of benzene rings is 1. The molecule has 0 bridgehead atoms. The van der Waals surface area contributed by atoms with Gasteiger partial charge in [0.05, 0.1) is 7.11 Å². The van der Waals surface area contributed by atoms with Crippen molar-refractivity contribution in [3.05, 3.63) is 29.3 Å². The summed E-state index contributed by atoms with van der Waals surface area (Å²) in [5.41, 5.74) is 1.47. The minimum absolute atomic E-state index is 0.509. The second-order valence-electron chi connectivity index (χ2n) is 2.80. The second kappa shape index (κ2) is 4.05. The highest BCUT2D eigenvalue weighted by Gasteiger charge is 2.08. The summed E-state index contributed by atoms with van der Waals surface area (Å²) >= 11 is 0. The Balaban J connectivity index is 3.04. The maximum atomic E-state index is 10.3. The quantitative estimate of drug-likeness (QED) is 0.712. The first kappa shape index (κ1) is 9.74. The fourth-order valence-corrected chi connectivity index (χ4v) is 1.18. The number of methoxy groups -OCH3 is 1. The highest BCUT2D eigenvalue weighted by Crippen LogP contribution is 2.21. The van der Waals surface area contributed by atoms with E-state index in [0.717, 1.165) is 11.3 Å². The Labute approximate surface area is 77.0 Å². The third-order valence-corrected chi connectivity index (χ3v) is 1.92. The van der Waals surface area contributed by atoms with E-state index in [1.54, 1.807) is 25.3 Å². The van der Waals surface area contributed by atoms with Gasteiger partial charge in [-0.2, -0.15) is 0 Å². The van der Waals surface area contributed by atoms with E-state index >= 15 is 0 Å². The number of aliphatic hydroxyl groups excluding tert-OH is 1. The zero-order valence-corrected chi connectivity index (χ0v) is 7.65. The summed E-state index contributed by atoms with van der Waals surface area (Å²) in [6.07, 6.45) is -0.527. The van der Waals surface area contributed by atoms with E-state index in [1.165, 1.54) is 0 Å². The van der Waals surface area contributed by atoms with Gasteiger partial charge in [-0.1, -0.05) is 6.07 Å². The molecule has 0 aliphatic heterocycles. The Bertz CT molecular complexity index is 307. The van der Waals surface area contributed by atoms with Crippen LogP contribution in [0, 0.1) is 6.92 Å². The van der Waals surface area contributed by atoms with E-state index in [0.29, 0.717) is 11.8 Å². The van der Waals surface area contributed by atoms with Crippen molar-refractivity contribution in [3.63, 3.8) is 0 Å². The van der Waals surface area contributed by atoms with E-state index in [4.69, 9.17) is 4.74 Å². The molecule has 0 saturated heterocycles. The number of rotatable bonds is 3. The smallest absolute Gasteiger partial charge is 0.153 e. The average Bonchev–Trinajstić information content (AvgIpc) is 2.16. The van der Waals surface area contributed by atoms with Gasteiger partial charge >= 0.3 is 0 Å². The van der Waals surface area contributed by atoms with E-state index in [9.17, 15) is 9.90 Å². The van der Waals surface area contributed by atoms with Crippen molar-refractivity contribution < 1.29 is 14.6 Å². The van der Waals surface area contributed by atoms with Crippen molar-refractivity contribution in [2.24, 2.45) is 0 Å². The monoisotopic (exact) mass is 180 g/mol. The maximum absolute atomic E-state index is 10.3. The fraction of sp³-hybridized carbons (Fsp3) is 0.300. The minimum Gasteiger partial charge on any atom is -0.497 e. The van der Waals surface area contributed by atoms with Crippen LogP contribution < -0.4 is 4.74 Å². The van der Waals surface area contributed by atoms with Crippen LogP contribution in [-0.4, -0.2) is 18.5 Å². The van der Waals surface area contributed by atoms with Crippen LogP contribution in [0.5, 0.6) is 5.75 Å². The second-order valence-corrected chi connectivity index (χ2v) is 2.80. The molecule has 70 valence electrons. The first-order valence-electron chi connectivity index (χ1n) is 3.97. The summed E-state index contributed by atoms with van der Waals surface area (Å²) in [5, 5.41) is 9.26. The first-order chi connectivity index (χ1) is 6.19. The normalized spacial score (nSPS) is 12.2. The molecule has 13 heavy (non-hydrogen) atoms. The molecule has 1 aromatic rings. The van der Waals surface area contributed by atoms with Crippen molar-refractivity contribution >= 4 is 6.29 Å². The van der Waals surface area contributed by atoms with E-state index in [-0.39, 0.29) is 0 Å². The van der Waals surface area contributed by atoms with Gasteiger partial charge in [0.2, 0.25) is 0 Å². The lowest BCUT2D eigenvalue weighted by molar-refractivity contribution is -0.115. The lowest BCUT2D eigenvalue weighted by Gasteiger charge is -2.08. The Hall–Kier alpha value is -1.35. The number of ether oxygens (including phenoxy) is 1. The third-order valence-electron chi connectivity index (χ3n) is 1.92. The molecule has 3 heteroatoms. The molecule has 1 atom stereocenters. The van der Waals surface area contributed by atoms with Crippen LogP contribution in [0.2, 0.25) is 0 Å². The Morgan fingerprint density at radius 3 is 2.69 bits per heavy atom. The Morgan fingerprint density at radius 2 is 2.23 bits per heavy atom. The largest absolute Gasteiger partial charge is 0.497 e. The zero-order chi connectivity index (χ0) is 9.84. The predicted octanol–water partition coefficient (Wildman–Crippen LogP) is 1.24. The average molecular weight is 180 g/mol. The van der Waals surface area contributed by atoms with Crippen LogP contribution >= 0.6 is 0 Å². The predicted molar refractivity (Wildman–Crippen MR) is 48.8 cm³/mol. The lowest BCUT2D eigenvalue weighted by atomic mass is 10.0. The number of aldehydes is 1. The molecule has 0 heterocycles. The van der Waals surface area contributed by atoms with Crippen LogP contribution in [0.15, 0.2) is 18.2 Å². The number of carbonyl (C=O) groups excluding carboxylic acids is 1. The fourth-order valence-electron chi connectivity index (χ4n) is 1.18. The molecule has 1 aromatic carbocycles. The van der Waals surface area contributed by atoms with Gasteiger partial charge in [0.1, 0.15) is 11.9 Å². The van der Waals surface area contributed by atoms with E-state index in [2.05, 4.69) is 0 Å². The van der Waals surface area contributed by atoms with E-state index < -0.39 is 6.10 Å². The molecule has 0 amide bonds. The Morgan fingerprint density at radius 1 is 1.54 bits per heavy atom. The van der Waals surface area contributed by atoms with Crippen LogP contribution in [0.4, 0.5) is 0 Å². The summed E-state index contributed by atoms with van der Waals surface area (Å²) in [5.74, 6) is 0.722. The Kier molecular flexibility index (Phi) is 3.03. The summed E-state index contributed by atoms with van der Waals surface area (Å²) in [7, 11) is 1.57. The van der Waals surface area contributed by atoms with Gasteiger partial charge in [0, 0.05) is 0 Å². The maximum Gasteiger partial charge on any atom is 0.153 e. The van der Waals surface area contributed by atoms with Crippen molar-refractivity contribution in [2.45, 2.75) is 13.0 Å². The molecule has 0 fully saturated rings. The van der Waals surface area contributed by atoms with Crippen LogP contribution in [0.3, 0.4) is 0 Å². The molecule has 0 saturated carbocycles.